The van der Waals surface area contributed by atoms with Crippen LogP contribution >= 0.6 is 0 Å². The van der Waals surface area contributed by atoms with E-state index in [0.29, 0.717) is 31.8 Å². The van der Waals surface area contributed by atoms with Gasteiger partial charge in [0.25, 0.3) is 0 Å². The number of ether oxygens (including phenoxy) is 2. The highest BCUT2D eigenvalue weighted by Gasteiger charge is 2.45. The molecule has 0 heterocycles. The first-order valence-electron chi connectivity index (χ1n) is 12.4. The molecule has 8 heteroatoms. The molecule has 7 nitrogen and oxygen atoms in total. The van der Waals surface area contributed by atoms with E-state index in [-0.39, 0.29) is 18.8 Å². The van der Waals surface area contributed by atoms with Gasteiger partial charge in [-0.1, -0.05) is 42.5 Å². The van der Waals surface area contributed by atoms with Crippen LogP contribution in [0, 0.1) is 5.41 Å². The maximum atomic E-state index is 12.3. The molecule has 2 atom stereocenters. The fourth-order valence-electron chi connectivity index (χ4n) is 5.40. The molecule has 2 fully saturated rings. The Labute approximate surface area is 208 Å². The normalized spacial score (nSPS) is 26.9. The van der Waals surface area contributed by atoms with E-state index in [9.17, 15) is 13.2 Å². The molecular weight excluding hydrogens is 464 g/mol. The number of carbonyl (C=O) groups excluding carboxylic acids is 1. The summed E-state index contributed by atoms with van der Waals surface area (Å²) >= 11 is 0. The molecule has 2 aromatic carbocycles. The second-order valence-corrected chi connectivity index (χ2v) is 11.9. The van der Waals surface area contributed by atoms with E-state index in [1.165, 1.54) is 5.56 Å². The third-order valence-corrected chi connectivity index (χ3v) is 8.12. The van der Waals surface area contributed by atoms with E-state index >= 15 is 0 Å². The van der Waals surface area contributed by atoms with Crippen LogP contribution in [0.15, 0.2) is 54.6 Å². The second kappa shape index (κ2) is 11.1. The number of nitrogens with two attached hydrogens (primary N) is 1. The Bertz CT molecular complexity index is 1100. The molecule has 0 bridgehead atoms. The highest BCUT2D eigenvalue weighted by Crippen LogP contribution is 2.41. The molecular formula is C27H36N2O5S. The number of sulfonamides is 1. The van der Waals surface area contributed by atoms with E-state index in [2.05, 4.69) is 35.1 Å². The zero-order valence-electron chi connectivity index (χ0n) is 20.3. The van der Waals surface area contributed by atoms with Crippen LogP contribution in [-0.4, -0.2) is 39.3 Å². The van der Waals surface area contributed by atoms with Gasteiger partial charge >= 0.3 is 0 Å². The van der Waals surface area contributed by atoms with E-state index in [4.69, 9.17) is 15.2 Å². The van der Waals surface area contributed by atoms with Crippen LogP contribution in [0.2, 0.25) is 0 Å². The van der Waals surface area contributed by atoms with Crippen molar-refractivity contribution in [3.63, 3.8) is 0 Å². The number of hydrogen-bond acceptors (Lipinski definition) is 5. The van der Waals surface area contributed by atoms with Crippen molar-refractivity contribution in [2.45, 2.75) is 69.6 Å². The Morgan fingerprint density at radius 1 is 1.06 bits per heavy atom. The number of primary amides is 1. The lowest BCUT2D eigenvalue weighted by molar-refractivity contribution is -0.133. The Morgan fingerprint density at radius 2 is 1.80 bits per heavy atom. The smallest absolute Gasteiger partial charge is 0.226 e. The average Bonchev–Trinajstić information content (AvgIpc) is 3.25. The molecule has 4 rings (SSSR count). The predicted molar refractivity (Wildman–Crippen MR) is 135 cm³/mol. The minimum atomic E-state index is -3.32. The van der Waals surface area contributed by atoms with Gasteiger partial charge in [-0.15, -0.1) is 0 Å². The summed E-state index contributed by atoms with van der Waals surface area (Å²) in [7, 11) is -3.32. The Morgan fingerprint density at radius 3 is 2.49 bits per heavy atom. The summed E-state index contributed by atoms with van der Waals surface area (Å²) in [6.45, 7) is 0.801. The third kappa shape index (κ3) is 7.06. The van der Waals surface area contributed by atoms with Gasteiger partial charge in [0, 0.05) is 6.04 Å². The number of benzene rings is 2. The summed E-state index contributed by atoms with van der Waals surface area (Å²) in [6.07, 6.45) is 6.59. The molecule has 2 aliphatic rings. The topological polar surface area (TPSA) is 108 Å². The highest BCUT2D eigenvalue weighted by molar-refractivity contribution is 7.88. The fraction of sp³-hybridized carbons (Fsp3) is 0.519. The van der Waals surface area contributed by atoms with E-state index in [0.717, 1.165) is 43.3 Å². The molecule has 3 N–H and O–H groups in total. The van der Waals surface area contributed by atoms with Gasteiger partial charge in [0.2, 0.25) is 15.9 Å². The molecule has 0 radical (unpaired) electrons. The number of carbonyl (C=O) groups is 1. The average molecular weight is 501 g/mol. The SMILES string of the molecule is CS(=O)(=O)N[C@H]1CC[C@](COC2CCC(c3cccc(OCc4ccccc4)c3)CC2)(C(N)=O)C1. The summed E-state index contributed by atoms with van der Waals surface area (Å²) < 4.78 is 38.0. The standard InChI is InChI=1S/C27H36N2O5S/c1-35(31,32)29-23-14-15-27(17-23,26(28)30)19-34-24-12-10-21(11-13-24)22-8-5-9-25(16-22)33-18-20-6-3-2-4-7-20/h2-9,16,21,23-24,29H,10-15,17-19H2,1H3,(H2,28,30)/t21?,23-,24?,27-/m0/s1. The van der Waals surface area contributed by atoms with Gasteiger partial charge < -0.3 is 15.2 Å². The van der Waals surface area contributed by atoms with Gasteiger partial charge in [-0.05, 0) is 74.1 Å². The molecule has 0 unspecified atom stereocenters. The van der Waals surface area contributed by atoms with Gasteiger partial charge in [-0.25, -0.2) is 13.1 Å². The lowest BCUT2D eigenvalue weighted by Crippen LogP contribution is -2.42. The van der Waals surface area contributed by atoms with Gasteiger partial charge in [0.15, 0.2) is 0 Å². The highest BCUT2D eigenvalue weighted by atomic mass is 32.2. The van der Waals surface area contributed by atoms with Crippen molar-refractivity contribution in [3.8, 4) is 5.75 Å². The van der Waals surface area contributed by atoms with Crippen molar-refractivity contribution in [2.75, 3.05) is 12.9 Å². The van der Waals surface area contributed by atoms with Crippen molar-refractivity contribution in [1.82, 2.24) is 4.72 Å². The zero-order chi connectivity index (χ0) is 24.9. The van der Waals surface area contributed by atoms with Gasteiger partial charge in [0.05, 0.1) is 24.4 Å². The van der Waals surface area contributed by atoms with Crippen LogP contribution in [0.5, 0.6) is 5.75 Å². The lowest BCUT2D eigenvalue weighted by atomic mass is 9.82. The van der Waals surface area contributed by atoms with Gasteiger partial charge in [-0.3, -0.25) is 4.79 Å². The summed E-state index contributed by atoms with van der Waals surface area (Å²) in [6, 6.07) is 18.2. The van der Waals surface area contributed by atoms with Crippen LogP contribution in [0.3, 0.4) is 0 Å². The fourth-order valence-corrected chi connectivity index (χ4v) is 6.20. The molecule has 0 spiro atoms. The summed E-state index contributed by atoms with van der Waals surface area (Å²) in [5.74, 6) is 0.929. The first-order valence-corrected chi connectivity index (χ1v) is 14.3. The Hall–Kier alpha value is -2.42. The van der Waals surface area contributed by atoms with Crippen LogP contribution in [0.1, 0.15) is 62.0 Å². The minimum Gasteiger partial charge on any atom is -0.489 e. The number of amides is 1. The van der Waals surface area contributed by atoms with Crippen molar-refractivity contribution in [3.05, 3.63) is 65.7 Å². The molecule has 2 aliphatic carbocycles. The molecule has 0 saturated heterocycles. The van der Waals surface area contributed by atoms with Crippen molar-refractivity contribution < 1.29 is 22.7 Å². The summed E-state index contributed by atoms with van der Waals surface area (Å²) in [4.78, 5) is 12.3. The van der Waals surface area contributed by atoms with Crippen molar-refractivity contribution >= 4 is 15.9 Å². The maximum absolute atomic E-state index is 12.3. The molecule has 0 aliphatic heterocycles. The quantitative estimate of drug-likeness (QED) is 0.515. The summed E-state index contributed by atoms with van der Waals surface area (Å²) in [5, 5.41) is 0. The first-order chi connectivity index (χ1) is 16.7. The second-order valence-electron chi connectivity index (χ2n) is 10.1. The van der Waals surface area contributed by atoms with E-state index < -0.39 is 21.3 Å². The lowest BCUT2D eigenvalue weighted by Gasteiger charge is -2.32. The molecule has 35 heavy (non-hydrogen) atoms. The molecule has 0 aromatic heterocycles. The van der Waals surface area contributed by atoms with Crippen LogP contribution in [0.25, 0.3) is 0 Å². The maximum Gasteiger partial charge on any atom is 0.226 e. The van der Waals surface area contributed by atoms with E-state index in [1.807, 2.05) is 24.3 Å². The van der Waals surface area contributed by atoms with Gasteiger partial charge in [-0.2, -0.15) is 0 Å². The number of nitrogens with one attached hydrogen (secondary N) is 1. The number of hydrogen-bond donors (Lipinski definition) is 2. The first kappa shape index (κ1) is 25.7. The largest absolute Gasteiger partial charge is 0.489 e. The van der Waals surface area contributed by atoms with Crippen LogP contribution < -0.4 is 15.2 Å². The van der Waals surface area contributed by atoms with Crippen LogP contribution in [-0.2, 0) is 26.2 Å². The third-order valence-electron chi connectivity index (χ3n) is 7.36. The zero-order valence-corrected chi connectivity index (χ0v) is 21.1. The van der Waals surface area contributed by atoms with Crippen LogP contribution in [0.4, 0.5) is 0 Å². The van der Waals surface area contributed by atoms with E-state index in [1.54, 1.807) is 0 Å². The van der Waals surface area contributed by atoms with Crippen molar-refractivity contribution in [1.29, 1.82) is 0 Å². The molecule has 1 amide bonds. The monoisotopic (exact) mass is 500 g/mol. The summed E-state index contributed by atoms with van der Waals surface area (Å²) in [5.41, 5.74) is 7.37. The van der Waals surface area contributed by atoms with Crippen molar-refractivity contribution in [2.24, 2.45) is 11.1 Å². The minimum absolute atomic E-state index is 0.0851. The Kier molecular flexibility index (Phi) is 8.14. The molecule has 2 aromatic rings. The molecule has 2 saturated carbocycles. The number of rotatable bonds is 10. The van der Waals surface area contributed by atoms with Gasteiger partial charge in [0.1, 0.15) is 12.4 Å². The Balaban J connectivity index is 1.27. The predicted octanol–water partition coefficient (Wildman–Crippen LogP) is 3.88. The molecule has 190 valence electrons.